The van der Waals surface area contributed by atoms with Crippen LogP contribution >= 0.6 is 0 Å². The molecule has 0 saturated carbocycles. The van der Waals surface area contributed by atoms with Crippen LogP contribution in [0.4, 0.5) is 34.5 Å². The first-order chi connectivity index (χ1) is 25.9. The van der Waals surface area contributed by atoms with Gasteiger partial charge in [0.1, 0.15) is 0 Å². The average molecular weight is 845 g/mol. The summed E-state index contributed by atoms with van der Waals surface area (Å²) in [7, 11) is -7.04. The second-order valence-electron chi connectivity index (χ2n) is 9.83. The minimum absolute atomic E-state index is 0. The fraction of sp³-hybridized carbons (Fsp3) is 0.323. The van der Waals surface area contributed by atoms with E-state index in [4.69, 9.17) is 5.11 Å². The molecule has 3 aromatic heterocycles. The predicted molar refractivity (Wildman–Crippen MR) is 189 cm³/mol. The molecule has 0 unspecified atom stereocenters. The van der Waals surface area contributed by atoms with Gasteiger partial charge in [0.25, 0.3) is 0 Å². The summed E-state index contributed by atoms with van der Waals surface area (Å²) in [5, 5.41) is 7.00. The number of halogens is 8. The first-order valence-corrected chi connectivity index (χ1v) is 15.5. The largest absolute Gasteiger partial charge is 2.00 e. The number of aliphatic hydroxyl groups is 1. The number of nitrogens with zero attached hydrogens (tertiary/aromatic N) is 7. The van der Waals surface area contributed by atoms with Crippen molar-refractivity contribution >= 4 is 51.1 Å². The molecule has 0 atom stereocenters. The smallest absolute Gasteiger partial charge is 0.465 e. The Morgan fingerprint density at radius 2 is 0.804 bits per heavy atom. The summed E-state index contributed by atoms with van der Waals surface area (Å²) in [5.41, 5.74) is 3.00. The van der Waals surface area contributed by atoms with Crippen LogP contribution in [-0.2, 0) is 31.6 Å². The first-order valence-electron chi connectivity index (χ1n) is 15.5. The standard InChI is InChI=1S/C30H33N7O6.CH4O.2BF4.Cr/c1-41-28(38)22-4-7-25(34-16-22)19-31-10-13-37(14-11-32-20-26-8-5-23(17-35-26)29(39)42-2)15-12-33-21-27-9-6-24(18-36-27)30(40)43-3;1-2;2*2-1(3,4)5;/h4-9,16-21H,10-15H2,1-3H3;2H,1H3;;;/q;;2*-1;+2. The molecule has 0 bridgehead atoms. The summed E-state index contributed by atoms with van der Waals surface area (Å²) in [4.78, 5) is 63.0. The average Bonchev–Trinajstić information content (AvgIpc) is 3.15. The van der Waals surface area contributed by atoms with Crippen molar-refractivity contribution in [3.8, 4) is 0 Å². The van der Waals surface area contributed by atoms with Crippen molar-refractivity contribution in [1.82, 2.24) is 19.9 Å². The number of aromatic nitrogens is 3. The number of hydrogen-bond acceptors (Lipinski definition) is 14. The third kappa shape index (κ3) is 27.5. The van der Waals surface area contributed by atoms with E-state index in [2.05, 4.69) is 49.0 Å². The van der Waals surface area contributed by atoms with Crippen LogP contribution in [0.1, 0.15) is 48.2 Å². The maximum absolute atomic E-state index is 11.6. The van der Waals surface area contributed by atoms with Crippen molar-refractivity contribution in [3.05, 3.63) is 88.8 Å². The molecule has 306 valence electrons. The number of carbonyl (C=O) groups is 3. The summed E-state index contributed by atoms with van der Waals surface area (Å²) < 4.78 is 92.1. The van der Waals surface area contributed by atoms with Gasteiger partial charge in [0, 0.05) is 64.0 Å². The molecule has 0 aliphatic rings. The Kier molecular flexibility index (Phi) is 27.6. The van der Waals surface area contributed by atoms with Gasteiger partial charge < -0.3 is 53.8 Å². The molecule has 3 rings (SSSR count). The van der Waals surface area contributed by atoms with Crippen molar-refractivity contribution in [3.63, 3.8) is 0 Å². The van der Waals surface area contributed by atoms with Crippen LogP contribution in [-0.4, -0.2) is 144 Å². The van der Waals surface area contributed by atoms with Gasteiger partial charge in [-0.25, -0.2) is 14.4 Å². The van der Waals surface area contributed by atoms with Gasteiger partial charge in [-0.3, -0.25) is 34.8 Å². The van der Waals surface area contributed by atoms with Gasteiger partial charge in [0.15, 0.2) is 0 Å². The maximum atomic E-state index is 11.6. The van der Waals surface area contributed by atoms with E-state index in [-0.39, 0.29) is 17.4 Å². The topological polar surface area (TPSA) is 178 Å². The summed E-state index contributed by atoms with van der Waals surface area (Å²) in [6, 6.07) is 10.0. The molecule has 25 heteroatoms. The zero-order valence-electron chi connectivity index (χ0n) is 30.3. The van der Waals surface area contributed by atoms with Crippen LogP contribution in [0.2, 0.25) is 0 Å². The first kappa shape index (κ1) is 53.0. The third-order valence-electron chi connectivity index (χ3n) is 5.93. The van der Waals surface area contributed by atoms with Gasteiger partial charge in [-0.05, 0) is 36.4 Å². The molecule has 14 nitrogen and oxygen atoms in total. The van der Waals surface area contributed by atoms with Gasteiger partial charge in [-0.2, -0.15) is 0 Å². The molecule has 0 saturated heterocycles. The van der Waals surface area contributed by atoms with Crippen molar-refractivity contribution in [2.45, 2.75) is 0 Å². The number of esters is 3. The Hall–Kier alpha value is -5.11. The zero-order chi connectivity index (χ0) is 41.9. The molecule has 0 spiro atoms. The molecule has 0 fully saturated rings. The van der Waals surface area contributed by atoms with Crippen LogP contribution in [0.15, 0.2) is 70.0 Å². The van der Waals surface area contributed by atoms with E-state index in [1.54, 1.807) is 55.0 Å². The van der Waals surface area contributed by atoms with Crippen LogP contribution in [0, 0.1) is 0 Å². The molecule has 3 heterocycles. The minimum atomic E-state index is -6.00. The molecule has 0 radical (unpaired) electrons. The summed E-state index contributed by atoms with van der Waals surface area (Å²) in [6.45, 7) is 3.50. The summed E-state index contributed by atoms with van der Waals surface area (Å²) >= 11 is 0. The molecule has 0 aliphatic carbocycles. The quantitative estimate of drug-likeness (QED) is 0.0755. The van der Waals surface area contributed by atoms with Gasteiger partial charge in [0.05, 0.1) is 74.7 Å². The number of hydrogen-bond donors (Lipinski definition) is 1. The fourth-order valence-electron chi connectivity index (χ4n) is 3.57. The van der Waals surface area contributed by atoms with E-state index in [9.17, 15) is 48.9 Å². The van der Waals surface area contributed by atoms with Gasteiger partial charge in [0.2, 0.25) is 0 Å². The molecular weight excluding hydrogens is 808 g/mol. The normalized spacial score (nSPS) is 11.0. The van der Waals surface area contributed by atoms with Crippen LogP contribution in [0.3, 0.4) is 0 Å². The number of methoxy groups -OCH3 is 3. The number of carbonyl (C=O) groups excluding carboxylic acids is 3. The van der Waals surface area contributed by atoms with E-state index in [1.807, 2.05) is 0 Å². The van der Waals surface area contributed by atoms with E-state index in [0.29, 0.717) is 73.0 Å². The molecule has 1 N–H and O–H groups in total. The molecule has 3 aromatic rings. The number of pyridine rings is 3. The Labute approximate surface area is 327 Å². The van der Waals surface area contributed by atoms with E-state index in [1.165, 1.54) is 39.9 Å². The van der Waals surface area contributed by atoms with Crippen LogP contribution in [0.5, 0.6) is 0 Å². The maximum Gasteiger partial charge on any atom is 2.00 e. The fourth-order valence-corrected chi connectivity index (χ4v) is 3.57. The molecule has 0 aromatic carbocycles. The SMILES string of the molecule is CO.COC(=O)c1ccc(C=NCCN(CCN=Cc2ccc(C(=O)OC)cn2)CCN=Cc2ccc(C(=O)OC)cn2)nc1.F[B-](F)(F)F.F[B-](F)(F)F.[Cr+2]. The van der Waals surface area contributed by atoms with E-state index >= 15 is 0 Å². The molecule has 56 heavy (non-hydrogen) atoms. The molecular formula is C31H37B2CrF8N7O7. The number of aliphatic imine (C=N–C) groups is 3. The third-order valence-corrected chi connectivity index (χ3v) is 5.93. The minimum Gasteiger partial charge on any atom is -0.465 e. The molecule has 0 amide bonds. The van der Waals surface area contributed by atoms with Gasteiger partial charge >= 0.3 is 49.8 Å². The Morgan fingerprint density at radius 3 is 0.982 bits per heavy atom. The monoisotopic (exact) mass is 845 g/mol. The van der Waals surface area contributed by atoms with Crippen molar-refractivity contribution in [2.75, 3.05) is 67.7 Å². The Morgan fingerprint density at radius 1 is 0.571 bits per heavy atom. The van der Waals surface area contributed by atoms with Crippen LogP contribution in [0.25, 0.3) is 0 Å². The number of aliphatic hydroxyl groups excluding tert-OH is 1. The van der Waals surface area contributed by atoms with Crippen molar-refractivity contribution in [2.24, 2.45) is 15.0 Å². The molecule has 0 aliphatic heterocycles. The summed E-state index contributed by atoms with van der Waals surface area (Å²) in [5.74, 6) is -1.33. The predicted octanol–water partition coefficient (Wildman–Crippen LogP) is 4.40. The Bertz CT molecular complexity index is 1460. The van der Waals surface area contributed by atoms with Crippen molar-refractivity contribution in [1.29, 1.82) is 0 Å². The van der Waals surface area contributed by atoms with E-state index < -0.39 is 32.4 Å². The Balaban J connectivity index is 0. The number of rotatable bonds is 15. The second kappa shape index (κ2) is 29.2. The van der Waals surface area contributed by atoms with Crippen molar-refractivity contribution < 1.29 is 85.6 Å². The summed E-state index contributed by atoms with van der Waals surface area (Å²) in [6.07, 6.45) is 9.32. The zero-order valence-corrected chi connectivity index (χ0v) is 31.6. The second-order valence-corrected chi connectivity index (χ2v) is 9.83. The van der Waals surface area contributed by atoms with Gasteiger partial charge in [-0.15, -0.1) is 0 Å². The van der Waals surface area contributed by atoms with E-state index in [0.717, 1.165) is 7.11 Å². The van der Waals surface area contributed by atoms with Gasteiger partial charge in [-0.1, -0.05) is 0 Å². The van der Waals surface area contributed by atoms with Crippen LogP contribution < -0.4 is 0 Å². The number of ether oxygens (including phenoxy) is 3.